The summed E-state index contributed by atoms with van der Waals surface area (Å²) in [5.74, 6) is -0.494. The van der Waals surface area contributed by atoms with Crippen molar-refractivity contribution in [3.8, 4) is 6.07 Å². The predicted octanol–water partition coefficient (Wildman–Crippen LogP) is 0.397. The molecule has 0 aromatic carbocycles. The molecule has 4 heteroatoms. The summed E-state index contributed by atoms with van der Waals surface area (Å²) in [5.41, 5.74) is -1.10. The Bertz CT molecular complexity index is 317. The molecule has 0 aliphatic carbocycles. The van der Waals surface area contributed by atoms with Crippen LogP contribution in [0.5, 0.6) is 0 Å². The molecule has 1 saturated heterocycles. The van der Waals surface area contributed by atoms with Crippen LogP contribution >= 0.6 is 0 Å². The lowest BCUT2D eigenvalue weighted by atomic mass is 9.78. The molecule has 2 aliphatic heterocycles. The van der Waals surface area contributed by atoms with Gasteiger partial charge in [0.05, 0.1) is 19.3 Å². The Morgan fingerprint density at radius 1 is 1.77 bits per heavy atom. The minimum atomic E-state index is -1.10. The molecule has 0 amide bonds. The van der Waals surface area contributed by atoms with E-state index in [9.17, 15) is 4.79 Å². The zero-order valence-corrected chi connectivity index (χ0v) is 7.19. The van der Waals surface area contributed by atoms with Gasteiger partial charge in [-0.1, -0.05) is 12.2 Å². The van der Waals surface area contributed by atoms with Gasteiger partial charge >= 0.3 is 5.97 Å². The monoisotopic (exact) mass is 179 g/mol. The number of methoxy groups -OCH3 is 1. The second-order valence-corrected chi connectivity index (χ2v) is 3.26. The van der Waals surface area contributed by atoms with Crippen LogP contribution in [0, 0.1) is 16.7 Å². The topological polar surface area (TPSA) is 59.3 Å². The second-order valence-electron chi connectivity index (χ2n) is 3.26. The summed E-state index contributed by atoms with van der Waals surface area (Å²) in [4.78, 5) is 11.4. The van der Waals surface area contributed by atoms with E-state index >= 15 is 0 Å². The highest BCUT2D eigenvalue weighted by Crippen LogP contribution is 2.44. The number of fused-ring (bicyclic) bond motifs is 2. The SMILES string of the molecule is COC(=O)C1(C#N)CC2C=CC1O2. The summed E-state index contributed by atoms with van der Waals surface area (Å²) in [7, 11) is 1.29. The molecule has 2 rings (SSSR count). The fourth-order valence-electron chi connectivity index (χ4n) is 1.87. The molecule has 68 valence electrons. The lowest BCUT2D eigenvalue weighted by molar-refractivity contribution is -0.150. The van der Waals surface area contributed by atoms with Gasteiger partial charge in [-0.05, 0) is 0 Å². The number of carbonyl (C=O) groups excluding carboxylic acids is 1. The lowest BCUT2D eigenvalue weighted by Crippen LogP contribution is -2.38. The summed E-state index contributed by atoms with van der Waals surface area (Å²) < 4.78 is 9.97. The second kappa shape index (κ2) is 2.57. The van der Waals surface area contributed by atoms with Gasteiger partial charge in [-0.3, -0.25) is 4.79 Å². The van der Waals surface area contributed by atoms with Gasteiger partial charge in [0.2, 0.25) is 0 Å². The van der Waals surface area contributed by atoms with Gasteiger partial charge in [0.15, 0.2) is 5.41 Å². The Balaban J connectivity index is 2.34. The first-order valence-corrected chi connectivity index (χ1v) is 4.06. The van der Waals surface area contributed by atoms with Crippen LogP contribution in [-0.4, -0.2) is 25.3 Å². The minimum absolute atomic E-state index is 0.0938. The molecule has 0 aromatic heterocycles. The van der Waals surface area contributed by atoms with Crippen LogP contribution in [0.25, 0.3) is 0 Å². The summed E-state index contributed by atoms with van der Waals surface area (Å²) in [6.45, 7) is 0. The van der Waals surface area contributed by atoms with E-state index < -0.39 is 17.5 Å². The fourth-order valence-corrected chi connectivity index (χ4v) is 1.87. The van der Waals surface area contributed by atoms with Crippen molar-refractivity contribution < 1.29 is 14.3 Å². The smallest absolute Gasteiger partial charge is 0.329 e. The van der Waals surface area contributed by atoms with E-state index in [1.54, 1.807) is 6.08 Å². The predicted molar refractivity (Wildman–Crippen MR) is 42.5 cm³/mol. The van der Waals surface area contributed by atoms with Crippen LogP contribution < -0.4 is 0 Å². The molecule has 0 aromatic rings. The molecule has 13 heavy (non-hydrogen) atoms. The Labute approximate surface area is 75.7 Å². The Morgan fingerprint density at radius 2 is 2.54 bits per heavy atom. The molecule has 0 N–H and O–H groups in total. The van der Waals surface area contributed by atoms with Crippen LogP contribution in [0.1, 0.15) is 6.42 Å². The number of rotatable bonds is 1. The maximum Gasteiger partial charge on any atom is 0.329 e. The van der Waals surface area contributed by atoms with Crippen LogP contribution in [-0.2, 0) is 14.3 Å². The molecule has 0 saturated carbocycles. The third-order valence-electron chi connectivity index (χ3n) is 2.58. The Hall–Kier alpha value is -1.34. The first-order chi connectivity index (χ1) is 6.23. The standard InChI is InChI=1S/C9H9NO3/c1-12-8(11)9(5-10)4-6-2-3-7(9)13-6/h2-3,6-7H,4H2,1H3. The van der Waals surface area contributed by atoms with Gasteiger partial charge in [-0.2, -0.15) is 5.26 Å². The number of carbonyl (C=O) groups is 1. The Kier molecular flexibility index (Phi) is 1.64. The average molecular weight is 179 g/mol. The summed E-state index contributed by atoms with van der Waals surface area (Å²) >= 11 is 0. The first-order valence-electron chi connectivity index (χ1n) is 4.06. The first kappa shape index (κ1) is 8.27. The van der Waals surface area contributed by atoms with Crippen molar-refractivity contribution in [2.75, 3.05) is 7.11 Å². The maximum absolute atomic E-state index is 11.4. The molecule has 3 unspecified atom stereocenters. The van der Waals surface area contributed by atoms with Crippen LogP contribution in [0.4, 0.5) is 0 Å². The lowest BCUT2D eigenvalue weighted by Gasteiger charge is -2.21. The highest BCUT2D eigenvalue weighted by molar-refractivity contribution is 5.82. The van der Waals surface area contributed by atoms with E-state index in [1.165, 1.54) is 7.11 Å². The zero-order valence-electron chi connectivity index (χ0n) is 7.19. The molecule has 2 aliphatic rings. The molecule has 1 fully saturated rings. The van der Waals surface area contributed by atoms with Gasteiger partial charge in [0, 0.05) is 6.42 Å². The van der Waals surface area contributed by atoms with Gasteiger partial charge in [0.25, 0.3) is 0 Å². The molecule has 2 heterocycles. The van der Waals surface area contributed by atoms with E-state index in [0.717, 1.165) is 0 Å². The van der Waals surface area contributed by atoms with E-state index in [1.807, 2.05) is 12.1 Å². The molecular formula is C9H9NO3. The number of esters is 1. The summed E-state index contributed by atoms with van der Waals surface area (Å²) in [6, 6.07) is 2.01. The molecule has 4 nitrogen and oxygen atoms in total. The number of hydrogen-bond acceptors (Lipinski definition) is 4. The van der Waals surface area contributed by atoms with Crippen LogP contribution in [0.2, 0.25) is 0 Å². The van der Waals surface area contributed by atoms with E-state index in [0.29, 0.717) is 6.42 Å². The highest BCUT2D eigenvalue weighted by Gasteiger charge is 2.56. The van der Waals surface area contributed by atoms with E-state index in [2.05, 4.69) is 4.74 Å². The fraction of sp³-hybridized carbons (Fsp3) is 0.556. The molecule has 2 bridgehead atoms. The maximum atomic E-state index is 11.4. The van der Waals surface area contributed by atoms with E-state index in [-0.39, 0.29) is 6.10 Å². The number of nitrogens with zero attached hydrogens (tertiary/aromatic N) is 1. The van der Waals surface area contributed by atoms with Crippen molar-refractivity contribution >= 4 is 5.97 Å². The highest BCUT2D eigenvalue weighted by atomic mass is 16.5. The zero-order chi connectivity index (χ0) is 9.47. The van der Waals surface area contributed by atoms with E-state index in [4.69, 9.17) is 10.00 Å². The van der Waals surface area contributed by atoms with Crippen LogP contribution in [0.3, 0.4) is 0 Å². The van der Waals surface area contributed by atoms with Crippen molar-refractivity contribution in [1.82, 2.24) is 0 Å². The Morgan fingerprint density at radius 3 is 2.92 bits per heavy atom. The van der Waals surface area contributed by atoms with Crippen molar-refractivity contribution in [2.45, 2.75) is 18.6 Å². The van der Waals surface area contributed by atoms with Crippen molar-refractivity contribution in [3.05, 3.63) is 12.2 Å². The molecule has 0 radical (unpaired) electrons. The number of nitriles is 1. The normalized spacial score (nSPS) is 40.3. The van der Waals surface area contributed by atoms with Crippen molar-refractivity contribution in [2.24, 2.45) is 5.41 Å². The average Bonchev–Trinajstić information content (AvgIpc) is 2.75. The molecule has 3 atom stereocenters. The quantitative estimate of drug-likeness (QED) is 0.431. The van der Waals surface area contributed by atoms with Crippen molar-refractivity contribution in [1.29, 1.82) is 5.26 Å². The van der Waals surface area contributed by atoms with Gasteiger partial charge in [0.1, 0.15) is 6.10 Å². The number of hydrogen-bond donors (Lipinski definition) is 0. The summed E-state index contributed by atoms with van der Waals surface area (Å²) in [5, 5.41) is 8.98. The molecule has 0 spiro atoms. The van der Waals surface area contributed by atoms with Gasteiger partial charge in [-0.25, -0.2) is 0 Å². The third kappa shape index (κ3) is 0.909. The summed E-state index contributed by atoms with van der Waals surface area (Å²) in [6.07, 6.45) is 3.54. The van der Waals surface area contributed by atoms with Crippen molar-refractivity contribution in [3.63, 3.8) is 0 Å². The van der Waals surface area contributed by atoms with Gasteiger partial charge < -0.3 is 9.47 Å². The number of ether oxygens (including phenoxy) is 2. The van der Waals surface area contributed by atoms with Crippen LogP contribution in [0.15, 0.2) is 12.2 Å². The largest absolute Gasteiger partial charge is 0.468 e. The minimum Gasteiger partial charge on any atom is -0.468 e. The molecular weight excluding hydrogens is 170 g/mol. The third-order valence-corrected chi connectivity index (χ3v) is 2.58. The van der Waals surface area contributed by atoms with Gasteiger partial charge in [-0.15, -0.1) is 0 Å².